The summed E-state index contributed by atoms with van der Waals surface area (Å²) in [5, 5.41) is 9.64. The first kappa shape index (κ1) is 58.3. The summed E-state index contributed by atoms with van der Waals surface area (Å²) in [4.78, 5) is 37.1. The average molecular weight is 853 g/mol. The normalized spacial score (nSPS) is 12.8. The average Bonchev–Trinajstić information content (AvgIpc) is 3.21. The molecule has 0 spiro atoms. The molecule has 0 aromatic rings. The van der Waals surface area contributed by atoms with E-state index in [1.54, 1.807) is 0 Å². The Labute approximate surface area is 372 Å². The first-order valence-corrected chi connectivity index (χ1v) is 26.1. The lowest BCUT2D eigenvalue weighted by Gasteiger charge is -2.31. The van der Waals surface area contributed by atoms with E-state index in [4.69, 9.17) is 14.2 Å². The Kier molecular flexibility index (Phi) is 42.7. The number of rotatable bonds is 48. The van der Waals surface area contributed by atoms with Crippen LogP contribution in [0, 0.1) is 0 Å². The summed E-state index contributed by atoms with van der Waals surface area (Å²) in [5.74, 6) is -1.44. The Bertz CT molecular complexity index is 951. The SMILES string of the molecule is CCCCCCCCCCCCCCCCCCCCCCCCCC(=O)OC(COCCC(C(=O)O)[N+](C)(C)C)COC(=O)CCCCCCCCCCCCCCC. The summed E-state index contributed by atoms with van der Waals surface area (Å²) in [6.07, 6.45) is 47.3. The maximum atomic E-state index is 12.8. The maximum Gasteiger partial charge on any atom is 0.362 e. The minimum Gasteiger partial charge on any atom is -0.477 e. The zero-order valence-corrected chi connectivity index (χ0v) is 40.7. The highest BCUT2D eigenvalue weighted by atomic mass is 16.6. The molecule has 0 aliphatic heterocycles. The van der Waals surface area contributed by atoms with Gasteiger partial charge in [0.2, 0.25) is 0 Å². The molecule has 2 unspecified atom stereocenters. The number of aliphatic carboxylic acids is 1. The van der Waals surface area contributed by atoms with Crippen LogP contribution < -0.4 is 0 Å². The second-order valence-corrected chi connectivity index (χ2v) is 19.1. The molecule has 0 fully saturated rings. The number of hydrogen-bond acceptors (Lipinski definition) is 6. The molecule has 356 valence electrons. The van der Waals surface area contributed by atoms with E-state index in [9.17, 15) is 19.5 Å². The lowest BCUT2D eigenvalue weighted by molar-refractivity contribution is -0.887. The number of nitrogens with zero attached hydrogens (tertiary/aromatic N) is 1. The Morgan fingerprint density at radius 1 is 0.433 bits per heavy atom. The molecule has 0 aliphatic carbocycles. The molecule has 8 nitrogen and oxygen atoms in total. The van der Waals surface area contributed by atoms with Crippen LogP contribution >= 0.6 is 0 Å². The van der Waals surface area contributed by atoms with Gasteiger partial charge in [-0.25, -0.2) is 4.79 Å². The molecule has 0 radical (unpaired) electrons. The summed E-state index contributed by atoms with van der Waals surface area (Å²) in [6, 6.07) is -0.608. The number of carbonyl (C=O) groups excluding carboxylic acids is 2. The number of unbranched alkanes of at least 4 members (excludes halogenated alkanes) is 34. The van der Waals surface area contributed by atoms with Crippen LogP contribution in [0.1, 0.15) is 264 Å². The van der Waals surface area contributed by atoms with Crippen molar-refractivity contribution < 1.29 is 38.2 Å². The zero-order valence-electron chi connectivity index (χ0n) is 40.7. The fraction of sp³-hybridized carbons (Fsp3) is 0.942. The van der Waals surface area contributed by atoms with Gasteiger partial charge in [-0.15, -0.1) is 0 Å². The van der Waals surface area contributed by atoms with Gasteiger partial charge in [0.05, 0.1) is 34.4 Å². The monoisotopic (exact) mass is 853 g/mol. The zero-order chi connectivity index (χ0) is 44.2. The van der Waals surface area contributed by atoms with Crippen LogP contribution in [-0.4, -0.2) is 80.6 Å². The summed E-state index contributed by atoms with van der Waals surface area (Å²) >= 11 is 0. The number of ether oxygens (including phenoxy) is 3. The van der Waals surface area contributed by atoms with E-state index < -0.39 is 18.1 Å². The Hall–Kier alpha value is -1.67. The van der Waals surface area contributed by atoms with Crippen LogP contribution in [0.5, 0.6) is 0 Å². The van der Waals surface area contributed by atoms with Crippen molar-refractivity contribution in [3.05, 3.63) is 0 Å². The van der Waals surface area contributed by atoms with Crippen LogP contribution in [0.25, 0.3) is 0 Å². The first-order valence-electron chi connectivity index (χ1n) is 26.1. The fourth-order valence-electron chi connectivity index (χ4n) is 8.21. The Balaban J connectivity index is 4.13. The Morgan fingerprint density at radius 2 is 0.733 bits per heavy atom. The quantitative estimate of drug-likeness (QED) is 0.0370. The number of quaternary nitrogens is 1. The number of hydrogen-bond donors (Lipinski definition) is 1. The second kappa shape index (κ2) is 44.0. The summed E-state index contributed by atoms with van der Waals surface area (Å²) in [6.45, 7) is 4.79. The van der Waals surface area contributed by atoms with Crippen molar-refractivity contribution >= 4 is 17.9 Å². The summed E-state index contributed by atoms with van der Waals surface area (Å²) in [7, 11) is 5.55. The molecule has 0 bridgehead atoms. The van der Waals surface area contributed by atoms with E-state index in [1.165, 1.54) is 193 Å². The molecule has 0 amide bonds. The first-order chi connectivity index (χ1) is 29.1. The van der Waals surface area contributed by atoms with Gasteiger partial charge in [0.1, 0.15) is 6.61 Å². The predicted octanol–water partition coefficient (Wildman–Crippen LogP) is 14.9. The third kappa shape index (κ3) is 41.7. The largest absolute Gasteiger partial charge is 0.477 e. The van der Waals surface area contributed by atoms with E-state index in [2.05, 4.69) is 13.8 Å². The molecular weight excluding hydrogens is 751 g/mol. The minimum atomic E-state index is -0.869. The van der Waals surface area contributed by atoms with Gasteiger partial charge in [-0.2, -0.15) is 0 Å². The number of carbonyl (C=O) groups is 3. The highest BCUT2D eigenvalue weighted by molar-refractivity contribution is 5.72. The minimum absolute atomic E-state index is 0.0416. The molecule has 0 saturated carbocycles. The van der Waals surface area contributed by atoms with Crippen molar-refractivity contribution in [2.24, 2.45) is 0 Å². The molecule has 0 aromatic heterocycles. The van der Waals surface area contributed by atoms with Crippen molar-refractivity contribution in [3.8, 4) is 0 Å². The number of esters is 2. The van der Waals surface area contributed by atoms with E-state index in [1.807, 2.05) is 21.1 Å². The smallest absolute Gasteiger partial charge is 0.362 e. The van der Waals surface area contributed by atoms with E-state index in [-0.39, 0.29) is 36.2 Å². The molecule has 0 saturated heterocycles. The molecule has 0 aromatic carbocycles. The van der Waals surface area contributed by atoms with Crippen molar-refractivity contribution in [3.63, 3.8) is 0 Å². The van der Waals surface area contributed by atoms with Gasteiger partial charge in [-0.3, -0.25) is 9.59 Å². The number of carboxylic acids is 1. The third-order valence-corrected chi connectivity index (χ3v) is 12.3. The van der Waals surface area contributed by atoms with E-state index in [0.29, 0.717) is 19.3 Å². The van der Waals surface area contributed by atoms with E-state index >= 15 is 0 Å². The topological polar surface area (TPSA) is 99.1 Å². The van der Waals surface area contributed by atoms with Gasteiger partial charge >= 0.3 is 17.9 Å². The Morgan fingerprint density at radius 3 is 1.03 bits per heavy atom. The molecule has 1 N–H and O–H groups in total. The highest BCUT2D eigenvalue weighted by Crippen LogP contribution is 2.17. The molecule has 0 aliphatic rings. The predicted molar refractivity (Wildman–Crippen MR) is 253 cm³/mol. The summed E-state index contributed by atoms with van der Waals surface area (Å²) < 4.78 is 17.4. The van der Waals surface area contributed by atoms with Gasteiger partial charge in [0.25, 0.3) is 0 Å². The molecule has 2 atom stereocenters. The van der Waals surface area contributed by atoms with Crippen LogP contribution in [-0.2, 0) is 28.6 Å². The highest BCUT2D eigenvalue weighted by Gasteiger charge is 2.31. The van der Waals surface area contributed by atoms with Crippen LogP contribution in [0.2, 0.25) is 0 Å². The maximum absolute atomic E-state index is 12.8. The standard InChI is InChI=1S/C52H101NO7/c1-6-8-10-12-14-16-18-20-21-22-23-24-25-26-27-28-29-31-33-35-37-39-41-43-51(55)60-48(46-58-45-44-49(52(56)57)53(3,4)5)47-59-50(54)42-40-38-36-34-32-30-19-17-15-13-11-9-7-2/h48-49H,6-47H2,1-5H3/p+1. The fourth-order valence-corrected chi connectivity index (χ4v) is 8.21. The number of likely N-dealkylation sites (N-methyl/N-ethyl adjacent to an activating group) is 1. The third-order valence-electron chi connectivity index (χ3n) is 12.3. The van der Waals surface area contributed by atoms with Gasteiger partial charge in [0.15, 0.2) is 12.1 Å². The molecule has 8 heteroatoms. The van der Waals surface area contributed by atoms with Crippen molar-refractivity contribution in [2.75, 3.05) is 41.0 Å². The van der Waals surface area contributed by atoms with Crippen LogP contribution in [0.15, 0.2) is 0 Å². The molecule has 0 heterocycles. The second-order valence-electron chi connectivity index (χ2n) is 19.1. The lowest BCUT2D eigenvalue weighted by Crippen LogP contribution is -2.50. The van der Waals surface area contributed by atoms with Gasteiger partial charge in [-0.1, -0.05) is 232 Å². The van der Waals surface area contributed by atoms with E-state index in [0.717, 1.165) is 38.5 Å². The van der Waals surface area contributed by atoms with Crippen molar-refractivity contribution in [1.82, 2.24) is 0 Å². The van der Waals surface area contributed by atoms with Gasteiger partial charge in [-0.05, 0) is 12.8 Å². The molecule has 0 rings (SSSR count). The number of carboxylic acid groups (broad SMARTS) is 1. The van der Waals surface area contributed by atoms with Crippen LogP contribution in [0.3, 0.4) is 0 Å². The van der Waals surface area contributed by atoms with Gasteiger partial charge in [0, 0.05) is 19.3 Å². The lowest BCUT2D eigenvalue weighted by atomic mass is 10.0. The van der Waals surface area contributed by atoms with Gasteiger partial charge < -0.3 is 23.8 Å². The van der Waals surface area contributed by atoms with Crippen molar-refractivity contribution in [1.29, 1.82) is 0 Å². The molecular formula is C52H102NO7+. The summed E-state index contributed by atoms with van der Waals surface area (Å²) in [5.41, 5.74) is 0. The van der Waals surface area contributed by atoms with Crippen molar-refractivity contribution in [2.45, 2.75) is 276 Å². The molecule has 60 heavy (non-hydrogen) atoms. The van der Waals surface area contributed by atoms with Crippen LogP contribution in [0.4, 0.5) is 0 Å².